The second kappa shape index (κ2) is 7.05. The number of nitrogens with zero attached hydrogens (tertiary/aromatic N) is 4. The zero-order valence-corrected chi connectivity index (χ0v) is 17.2. The van der Waals surface area contributed by atoms with E-state index in [1.807, 2.05) is 0 Å². The predicted octanol–water partition coefficient (Wildman–Crippen LogP) is 1.20. The van der Waals surface area contributed by atoms with Crippen LogP contribution in [0.4, 0.5) is 13.2 Å². The van der Waals surface area contributed by atoms with Gasteiger partial charge in [-0.1, -0.05) is 0 Å². The van der Waals surface area contributed by atoms with Gasteiger partial charge in [0.2, 0.25) is 10.0 Å². The highest BCUT2D eigenvalue weighted by atomic mass is 32.2. The van der Waals surface area contributed by atoms with Crippen LogP contribution in [0.25, 0.3) is 15.8 Å². The summed E-state index contributed by atoms with van der Waals surface area (Å²) < 4.78 is 68.0. The molecule has 0 aliphatic rings. The molecule has 30 heavy (non-hydrogen) atoms. The third kappa shape index (κ3) is 3.63. The first-order valence-corrected chi connectivity index (χ1v) is 10.6. The molecule has 0 spiro atoms. The van der Waals surface area contributed by atoms with E-state index in [0.717, 1.165) is 31.9 Å². The molecule has 0 radical (unpaired) electrons. The quantitative estimate of drug-likeness (QED) is 0.578. The highest BCUT2D eigenvalue weighted by molar-refractivity contribution is 7.88. The molecule has 0 bridgehead atoms. The van der Waals surface area contributed by atoms with Crippen molar-refractivity contribution >= 4 is 37.5 Å². The summed E-state index contributed by atoms with van der Waals surface area (Å²) in [5, 5.41) is 0.145. The Morgan fingerprint density at radius 3 is 2.40 bits per heavy atom. The maximum Gasteiger partial charge on any atom is 0.431 e. The third-order valence-electron chi connectivity index (χ3n) is 4.31. The molecule has 0 fully saturated rings. The van der Waals surface area contributed by atoms with Gasteiger partial charge in [-0.15, -0.1) is 0 Å². The molecular weight excluding hydrogens is 449 g/mol. The fraction of sp³-hybridized carbons (Fsp3) is 0.250. The Morgan fingerprint density at radius 2 is 1.83 bits per heavy atom. The maximum absolute atomic E-state index is 13.0. The number of halogens is 3. The SMILES string of the molecule is CN(C(=O)c1nsc2ccc(-n3c(=O)cc(C(F)(F)F)n(C)c3=O)cc12)S(C)(=O)=O. The molecular formula is C16H13F3N4O5S2. The molecule has 2 heterocycles. The molecule has 3 rings (SSSR count). The van der Waals surface area contributed by atoms with Crippen LogP contribution in [0, 0.1) is 0 Å². The zero-order valence-electron chi connectivity index (χ0n) is 15.6. The normalized spacial score (nSPS) is 12.3. The van der Waals surface area contributed by atoms with Crippen LogP contribution in [0.3, 0.4) is 0 Å². The van der Waals surface area contributed by atoms with Crippen LogP contribution in [0.5, 0.6) is 0 Å². The number of amides is 1. The highest BCUT2D eigenvalue weighted by Gasteiger charge is 2.35. The molecule has 0 aliphatic heterocycles. The second-order valence-electron chi connectivity index (χ2n) is 6.29. The Bertz CT molecular complexity index is 1400. The van der Waals surface area contributed by atoms with Crippen molar-refractivity contribution in [2.75, 3.05) is 13.3 Å². The predicted molar refractivity (Wildman–Crippen MR) is 102 cm³/mol. The topological polar surface area (TPSA) is 111 Å². The molecule has 0 saturated heterocycles. The monoisotopic (exact) mass is 462 g/mol. The Balaban J connectivity index is 2.23. The van der Waals surface area contributed by atoms with Crippen LogP contribution < -0.4 is 11.2 Å². The van der Waals surface area contributed by atoms with Crippen molar-refractivity contribution in [3.63, 3.8) is 0 Å². The summed E-state index contributed by atoms with van der Waals surface area (Å²) in [4.78, 5) is 37.2. The minimum atomic E-state index is -4.90. The lowest BCUT2D eigenvalue weighted by Crippen LogP contribution is -2.40. The number of sulfonamides is 1. The van der Waals surface area contributed by atoms with E-state index >= 15 is 0 Å². The third-order valence-corrected chi connectivity index (χ3v) is 6.30. The molecule has 0 atom stereocenters. The lowest BCUT2D eigenvalue weighted by atomic mass is 10.2. The average Bonchev–Trinajstić information content (AvgIpc) is 3.05. The Labute approximate surface area is 170 Å². The number of hydrogen-bond donors (Lipinski definition) is 0. The molecule has 1 amide bonds. The number of fused-ring (bicyclic) bond motifs is 1. The summed E-state index contributed by atoms with van der Waals surface area (Å²) >= 11 is 0.880. The molecule has 0 unspecified atom stereocenters. The first-order chi connectivity index (χ1) is 13.7. The van der Waals surface area contributed by atoms with Gasteiger partial charge in [-0.2, -0.15) is 17.5 Å². The Morgan fingerprint density at radius 1 is 1.20 bits per heavy atom. The number of rotatable bonds is 3. The molecule has 2 aromatic heterocycles. The van der Waals surface area contributed by atoms with Gasteiger partial charge >= 0.3 is 11.9 Å². The molecule has 0 N–H and O–H groups in total. The number of benzene rings is 1. The van der Waals surface area contributed by atoms with Crippen molar-refractivity contribution in [2.45, 2.75) is 6.18 Å². The lowest BCUT2D eigenvalue weighted by Gasteiger charge is -2.14. The molecule has 1 aromatic carbocycles. The van der Waals surface area contributed by atoms with Gasteiger partial charge in [0.1, 0.15) is 5.69 Å². The summed E-state index contributed by atoms with van der Waals surface area (Å²) in [5.41, 5.74) is -4.19. The molecule has 160 valence electrons. The lowest BCUT2D eigenvalue weighted by molar-refractivity contribution is -0.144. The minimum Gasteiger partial charge on any atom is -0.292 e. The van der Waals surface area contributed by atoms with Crippen LogP contribution in [-0.4, -0.2) is 45.4 Å². The van der Waals surface area contributed by atoms with Crippen LogP contribution in [0.2, 0.25) is 0 Å². The first kappa shape index (κ1) is 21.7. The number of hydrogen-bond acceptors (Lipinski definition) is 7. The molecule has 9 nitrogen and oxygen atoms in total. The van der Waals surface area contributed by atoms with E-state index in [0.29, 0.717) is 24.2 Å². The van der Waals surface area contributed by atoms with Crippen molar-refractivity contribution in [1.82, 2.24) is 17.8 Å². The van der Waals surface area contributed by atoms with Crippen molar-refractivity contribution in [1.29, 1.82) is 0 Å². The van der Waals surface area contributed by atoms with E-state index in [1.165, 1.54) is 18.2 Å². The molecule has 3 aromatic rings. The van der Waals surface area contributed by atoms with Gasteiger partial charge in [0, 0.05) is 25.5 Å². The second-order valence-corrected chi connectivity index (χ2v) is 9.11. The summed E-state index contributed by atoms with van der Waals surface area (Å²) in [6, 6.07) is 4.24. The van der Waals surface area contributed by atoms with E-state index in [9.17, 15) is 36.0 Å². The average molecular weight is 462 g/mol. The highest BCUT2D eigenvalue weighted by Crippen LogP contribution is 2.28. The van der Waals surface area contributed by atoms with Gasteiger partial charge < -0.3 is 0 Å². The van der Waals surface area contributed by atoms with Crippen molar-refractivity contribution in [3.05, 3.63) is 56.5 Å². The standard InChI is InChI=1S/C16H13F3N4O5S2/c1-21-11(16(17,18)19)7-12(24)23(15(21)26)8-4-5-10-9(6-8)13(20-29-10)14(25)22(2)30(3,27)28/h4-7H,1-3H3. The van der Waals surface area contributed by atoms with E-state index in [4.69, 9.17) is 0 Å². The fourth-order valence-corrected chi connectivity index (χ4v) is 3.79. The molecule has 0 aliphatic carbocycles. The van der Waals surface area contributed by atoms with E-state index in [2.05, 4.69) is 4.37 Å². The van der Waals surface area contributed by atoms with Crippen molar-refractivity contribution < 1.29 is 26.4 Å². The summed E-state index contributed by atoms with van der Waals surface area (Å²) in [6.45, 7) is 0. The number of carbonyl (C=O) groups is 1. The fourth-order valence-electron chi connectivity index (χ4n) is 2.66. The van der Waals surface area contributed by atoms with Crippen LogP contribution in [-0.2, 0) is 23.2 Å². The summed E-state index contributed by atoms with van der Waals surface area (Å²) in [6.07, 6.45) is -4.07. The largest absolute Gasteiger partial charge is 0.431 e. The van der Waals surface area contributed by atoms with Gasteiger partial charge in [-0.3, -0.25) is 14.2 Å². The van der Waals surface area contributed by atoms with Gasteiger partial charge in [-0.25, -0.2) is 22.1 Å². The number of carbonyl (C=O) groups excluding carboxylic acids is 1. The van der Waals surface area contributed by atoms with Crippen molar-refractivity contribution in [2.24, 2.45) is 7.05 Å². The zero-order chi connectivity index (χ0) is 22.6. The minimum absolute atomic E-state index is 0.0990. The summed E-state index contributed by atoms with van der Waals surface area (Å²) in [5.74, 6) is -0.937. The smallest absolute Gasteiger partial charge is 0.292 e. The van der Waals surface area contributed by atoms with Crippen molar-refractivity contribution in [3.8, 4) is 5.69 Å². The van der Waals surface area contributed by atoms with Gasteiger partial charge in [-0.05, 0) is 29.7 Å². The van der Waals surface area contributed by atoms with Gasteiger partial charge in [0.25, 0.3) is 11.5 Å². The molecule has 0 saturated carbocycles. The summed E-state index contributed by atoms with van der Waals surface area (Å²) in [7, 11) is -1.94. The van der Waals surface area contributed by atoms with E-state index < -0.39 is 39.0 Å². The van der Waals surface area contributed by atoms with Gasteiger partial charge in [0.15, 0.2) is 5.69 Å². The van der Waals surface area contributed by atoms with Gasteiger partial charge in [0.05, 0.1) is 16.6 Å². The Kier molecular flexibility index (Phi) is 5.10. The van der Waals surface area contributed by atoms with E-state index in [1.54, 1.807) is 0 Å². The number of aromatic nitrogens is 3. The maximum atomic E-state index is 13.0. The van der Waals surface area contributed by atoms with Crippen LogP contribution in [0.1, 0.15) is 16.2 Å². The molecule has 14 heteroatoms. The number of alkyl halides is 3. The Hall–Kier alpha value is -3.00. The van der Waals surface area contributed by atoms with Crippen LogP contribution >= 0.6 is 11.5 Å². The van der Waals surface area contributed by atoms with Crippen LogP contribution in [0.15, 0.2) is 33.9 Å². The first-order valence-electron chi connectivity index (χ1n) is 8.02. The van der Waals surface area contributed by atoms with E-state index in [-0.39, 0.29) is 16.8 Å².